The minimum atomic E-state index is -0.824. The van der Waals surface area contributed by atoms with E-state index < -0.39 is 6.04 Å². The number of aromatic nitrogens is 3. The zero-order valence-corrected chi connectivity index (χ0v) is 26.0. The number of rotatable bonds is 12. The standard InChI is InChI=1S/C34H42N6O4/c1-38(2)27-17-15-25(16-18-27)33(34(42)35-26-10-6-5-7-11-26)39(21-20-24-14-19-30(43-3)31(22-24)44-4)32(41)23-40-29-13-9-8-12-28(29)36-37-40/h8-9,12-19,22,26,33H,5-7,10-11,20-21,23H2,1-4H3,(H,35,42)/t33-/m0/s1. The Morgan fingerprint density at radius 3 is 2.39 bits per heavy atom. The Morgan fingerprint density at radius 1 is 0.955 bits per heavy atom. The largest absolute Gasteiger partial charge is 0.493 e. The van der Waals surface area contributed by atoms with Gasteiger partial charge in [0, 0.05) is 32.4 Å². The van der Waals surface area contributed by atoms with E-state index >= 15 is 0 Å². The molecule has 0 saturated heterocycles. The Hall–Kier alpha value is -4.60. The normalized spacial score (nSPS) is 14.2. The van der Waals surface area contributed by atoms with Crippen LogP contribution in [0.4, 0.5) is 5.69 Å². The molecule has 0 unspecified atom stereocenters. The van der Waals surface area contributed by atoms with Crippen molar-refractivity contribution < 1.29 is 19.1 Å². The van der Waals surface area contributed by atoms with Gasteiger partial charge in [0.05, 0.1) is 19.7 Å². The quantitative estimate of drug-likeness (QED) is 0.251. The van der Waals surface area contributed by atoms with Crippen LogP contribution >= 0.6 is 0 Å². The van der Waals surface area contributed by atoms with Crippen LogP contribution in [-0.4, -0.2) is 72.6 Å². The molecule has 5 rings (SSSR count). The first-order valence-electron chi connectivity index (χ1n) is 15.2. The van der Waals surface area contributed by atoms with Crippen molar-refractivity contribution >= 4 is 28.5 Å². The van der Waals surface area contributed by atoms with Gasteiger partial charge in [-0.05, 0) is 66.8 Å². The fraction of sp³-hybridized carbons (Fsp3) is 0.412. The number of hydrogen-bond acceptors (Lipinski definition) is 7. The lowest BCUT2D eigenvalue weighted by Crippen LogP contribution is -2.48. The molecule has 1 aliphatic carbocycles. The summed E-state index contributed by atoms with van der Waals surface area (Å²) in [7, 11) is 7.15. The van der Waals surface area contributed by atoms with Crippen molar-refractivity contribution in [2.24, 2.45) is 0 Å². The molecule has 1 atom stereocenters. The van der Waals surface area contributed by atoms with Crippen molar-refractivity contribution in [3.8, 4) is 11.5 Å². The zero-order valence-electron chi connectivity index (χ0n) is 26.0. The van der Waals surface area contributed by atoms with Crippen molar-refractivity contribution in [2.75, 3.05) is 39.8 Å². The lowest BCUT2D eigenvalue weighted by atomic mass is 9.94. The van der Waals surface area contributed by atoms with E-state index in [2.05, 4.69) is 15.6 Å². The molecular weight excluding hydrogens is 556 g/mol. The highest BCUT2D eigenvalue weighted by Gasteiger charge is 2.33. The second-order valence-corrected chi connectivity index (χ2v) is 11.5. The summed E-state index contributed by atoms with van der Waals surface area (Å²) >= 11 is 0. The van der Waals surface area contributed by atoms with Crippen LogP contribution in [-0.2, 0) is 22.6 Å². The van der Waals surface area contributed by atoms with E-state index in [4.69, 9.17) is 9.47 Å². The maximum atomic E-state index is 14.3. The summed E-state index contributed by atoms with van der Waals surface area (Å²) in [6.45, 7) is 0.259. The van der Waals surface area contributed by atoms with E-state index in [0.717, 1.165) is 48.0 Å². The van der Waals surface area contributed by atoms with Gasteiger partial charge in [0.25, 0.3) is 0 Å². The fourth-order valence-electron chi connectivity index (χ4n) is 5.89. The molecule has 0 bridgehead atoms. The predicted octanol–water partition coefficient (Wildman–Crippen LogP) is 4.78. The van der Waals surface area contributed by atoms with E-state index in [9.17, 15) is 9.59 Å². The van der Waals surface area contributed by atoms with Crippen LogP contribution in [0.15, 0.2) is 66.7 Å². The maximum absolute atomic E-state index is 14.3. The number of benzene rings is 3. The van der Waals surface area contributed by atoms with Crippen LogP contribution in [0.25, 0.3) is 11.0 Å². The Bertz CT molecular complexity index is 1560. The van der Waals surface area contributed by atoms with Crippen molar-refractivity contribution in [1.82, 2.24) is 25.2 Å². The van der Waals surface area contributed by atoms with Gasteiger partial charge in [0.1, 0.15) is 18.1 Å². The van der Waals surface area contributed by atoms with Gasteiger partial charge in [-0.3, -0.25) is 9.59 Å². The number of carbonyl (C=O) groups excluding carboxylic acids is 2. The fourth-order valence-corrected chi connectivity index (χ4v) is 5.89. The number of para-hydroxylation sites is 1. The van der Waals surface area contributed by atoms with Gasteiger partial charge >= 0.3 is 0 Å². The number of anilines is 1. The highest BCUT2D eigenvalue weighted by atomic mass is 16.5. The molecular formula is C34H42N6O4. The van der Waals surface area contributed by atoms with Crippen LogP contribution < -0.4 is 19.7 Å². The number of methoxy groups -OCH3 is 2. The third-order valence-corrected chi connectivity index (χ3v) is 8.35. The molecule has 1 aromatic heterocycles. The van der Waals surface area contributed by atoms with Gasteiger partial charge in [0.15, 0.2) is 11.5 Å². The molecule has 4 aromatic rings. The minimum Gasteiger partial charge on any atom is -0.493 e. The second kappa shape index (κ2) is 14.2. The van der Waals surface area contributed by atoms with E-state index in [1.165, 1.54) is 6.42 Å². The Kier molecular flexibility index (Phi) is 9.99. The molecule has 10 nitrogen and oxygen atoms in total. The van der Waals surface area contributed by atoms with Gasteiger partial charge in [0.2, 0.25) is 11.8 Å². The summed E-state index contributed by atoms with van der Waals surface area (Å²) in [4.78, 5) is 32.2. The van der Waals surface area contributed by atoms with E-state index in [1.54, 1.807) is 23.8 Å². The minimum absolute atomic E-state index is 0.0462. The van der Waals surface area contributed by atoms with Crippen molar-refractivity contribution in [3.63, 3.8) is 0 Å². The molecule has 0 radical (unpaired) electrons. The molecule has 0 aliphatic heterocycles. The number of fused-ring (bicyclic) bond motifs is 1. The molecule has 1 fully saturated rings. The lowest BCUT2D eigenvalue weighted by molar-refractivity contribution is -0.141. The molecule has 1 saturated carbocycles. The van der Waals surface area contributed by atoms with Crippen molar-refractivity contribution in [3.05, 3.63) is 77.9 Å². The average molecular weight is 599 g/mol. The van der Waals surface area contributed by atoms with Crippen LogP contribution in [0.1, 0.15) is 49.3 Å². The van der Waals surface area contributed by atoms with Crippen LogP contribution in [0.3, 0.4) is 0 Å². The Morgan fingerprint density at radius 2 is 1.68 bits per heavy atom. The first-order chi connectivity index (χ1) is 21.4. The molecule has 10 heteroatoms. The predicted molar refractivity (Wildman–Crippen MR) is 171 cm³/mol. The number of nitrogens with one attached hydrogen (secondary N) is 1. The Labute approximate surface area is 258 Å². The summed E-state index contributed by atoms with van der Waals surface area (Å²) in [5.41, 5.74) is 4.20. The molecule has 0 spiro atoms. The topological polar surface area (TPSA) is 102 Å². The summed E-state index contributed by atoms with van der Waals surface area (Å²) < 4.78 is 12.5. The van der Waals surface area contributed by atoms with Gasteiger partial charge < -0.3 is 24.6 Å². The summed E-state index contributed by atoms with van der Waals surface area (Å²) in [5, 5.41) is 11.8. The molecule has 1 aliphatic rings. The number of carbonyl (C=O) groups is 2. The molecule has 3 aromatic carbocycles. The summed E-state index contributed by atoms with van der Waals surface area (Å²) in [5.74, 6) is 0.857. The molecule has 1 N–H and O–H groups in total. The number of hydrogen-bond donors (Lipinski definition) is 1. The van der Waals surface area contributed by atoms with E-state index in [0.29, 0.717) is 30.0 Å². The van der Waals surface area contributed by atoms with Gasteiger partial charge in [-0.15, -0.1) is 5.10 Å². The first kappa shape index (κ1) is 30.8. The van der Waals surface area contributed by atoms with Gasteiger partial charge in [-0.2, -0.15) is 0 Å². The number of ether oxygens (including phenoxy) is 2. The highest BCUT2D eigenvalue weighted by molar-refractivity contribution is 5.89. The van der Waals surface area contributed by atoms with Gasteiger partial charge in [-0.25, -0.2) is 4.68 Å². The van der Waals surface area contributed by atoms with Crippen LogP contribution in [0.2, 0.25) is 0 Å². The van der Waals surface area contributed by atoms with E-state index in [-0.39, 0.29) is 24.4 Å². The van der Waals surface area contributed by atoms with Crippen LogP contribution in [0.5, 0.6) is 11.5 Å². The van der Waals surface area contributed by atoms with Crippen molar-refractivity contribution in [2.45, 2.75) is 57.2 Å². The second-order valence-electron chi connectivity index (χ2n) is 11.5. The number of amides is 2. The smallest absolute Gasteiger partial charge is 0.247 e. The molecule has 2 amide bonds. The average Bonchev–Trinajstić information content (AvgIpc) is 3.45. The number of nitrogens with zero attached hydrogens (tertiary/aromatic N) is 5. The molecule has 44 heavy (non-hydrogen) atoms. The maximum Gasteiger partial charge on any atom is 0.247 e. The van der Waals surface area contributed by atoms with E-state index in [1.807, 2.05) is 85.7 Å². The summed E-state index contributed by atoms with van der Waals surface area (Å²) in [6.07, 6.45) is 5.77. The zero-order chi connectivity index (χ0) is 31.1. The summed E-state index contributed by atoms with van der Waals surface area (Å²) in [6, 6.07) is 20.4. The SMILES string of the molecule is COc1ccc(CCN(C(=O)Cn2nnc3ccccc32)[C@H](C(=O)NC2CCCCC2)c2ccc(N(C)C)cc2)cc1OC. The third-order valence-electron chi connectivity index (χ3n) is 8.35. The monoisotopic (exact) mass is 598 g/mol. The highest BCUT2D eigenvalue weighted by Crippen LogP contribution is 2.30. The van der Waals surface area contributed by atoms with Crippen LogP contribution in [0, 0.1) is 0 Å². The molecule has 1 heterocycles. The molecule has 232 valence electrons. The lowest BCUT2D eigenvalue weighted by Gasteiger charge is -2.34. The van der Waals surface area contributed by atoms with Gasteiger partial charge in [-0.1, -0.05) is 54.8 Å². The first-order valence-corrected chi connectivity index (χ1v) is 15.2. The Balaban J connectivity index is 1.50. The van der Waals surface area contributed by atoms with Crippen molar-refractivity contribution in [1.29, 1.82) is 0 Å². The third kappa shape index (κ3) is 7.12.